The first-order chi connectivity index (χ1) is 16.6. The fraction of sp³-hybridized carbons (Fsp3) is 0.625. The molecule has 0 bridgehead atoms. The van der Waals surface area contributed by atoms with Crippen molar-refractivity contribution in [3.05, 3.63) is 71.8 Å². The van der Waals surface area contributed by atoms with E-state index in [1.54, 1.807) is 0 Å². The second-order valence-electron chi connectivity index (χ2n) is 10.8. The fourth-order valence-corrected chi connectivity index (χ4v) is 12.3. The van der Waals surface area contributed by atoms with Crippen molar-refractivity contribution in [1.29, 1.82) is 0 Å². The van der Waals surface area contributed by atoms with Gasteiger partial charge in [-0.3, -0.25) is 0 Å². The van der Waals surface area contributed by atoms with E-state index in [-0.39, 0.29) is 0 Å². The van der Waals surface area contributed by atoms with Crippen molar-refractivity contribution >= 4 is 17.2 Å². The average Bonchev–Trinajstić information content (AvgIpc) is 2.84. The quantitative estimate of drug-likeness (QED) is 0.125. The van der Waals surface area contributed by atoms with E-state index in [4.69, 9.17) is 11.2 Å². The Morgan fingerprint density at radius 2 is 0.794 bits per heavy atom. The third kappa shape index (κ3) is 11.7. The molecule has 0 atom stereocenters. The minimum absolute atomic E-state index is 1.09. The number of rotatable bonds is 20. The zero-order valence-corrected chi connectivity index (χ0v) is 24.0. The summed E-state index contributed by atoms with van der Waals surface area (Å²) in [6.45, 7) is 4.60. The van der Waals surface area contributed by atoms with Gasteiger partial charge in [0.2, 0.25) is 0 Å². The topological polar surface area (TPSA) is 0 Å². The molecular formula is C32H52ClP. The Morgan fingerprint density at radius 3 is 1.15 bits per heavy atom. The van der Waals surface area contributed by atoms with E-state index < -0.39 is 5.96 Å². The Morgan fingerprint density at radius 1 is 0.471 bits per heavy atom. The van der Waals surface area contributed by atoms with Gasteiger partial charge < -0.3 is 0 Å². The molecule has 0 saturated heterocycles. The van der Waals surface area contributed by atoms with Gasteiger partial charge in [-0.15, -0.1) is 0 Å². The molecule has 0 amide bonds. The molecule has 0 aliphatic heterocycles. The second-order valence-corrected chi connectivity index (χ2v) is 18.8. The van der Waals surface area contributed by atoms with Crippen LogP contribution in [-0.2, 0) is 12.3 Å². The van der Waals surface area contributed by atoms with Gasteiger partial charge in [0.25, 0.3) is 0 Å². The van der Waals surface area contributed by atoms with Crippen LogP contribution in [0.5, 0.6) is 0 Å². The predicted octanol–water partition coefficient (Wildman–Crippen LogP) is 11.6. The third-order valence-electron chi connectivity index (χ3n) is 7.48. The number of hydrogen-bond acceptors (Lipinski definition) is 0. The zero-order valence-electron chi connectivity index (χ0n) is 22.3. The molecular weight excluding hydrogens is 451 g/mol. The van der Waals surface area contributed by atoms with E-state index in [9.17, 15) is 0 Å². The Labute approximate surface area is 217 Å². The van der Waals surface area contributed by atoms with E-state index >= 15 is 0 Å². The number of halogens is 1. The van der Waals surface area contributed by atoms with Crippen molar-refractivity contribution in [2.45, 2.75) is 116 Å². The van der Waals surface area contributed by atoms with Gasteiger partial charge in [0.15, 0.2) is 0 Å². The van der Waals surface area contributed by atoms with E-state index in [0.29, 0.717) is 0 Å². The Kier molecular flexibility index (Phi) is 14.5. The van der Waals surface area contributed by atoms with Crippen molar-refractivity contribution in [3.63, 3.8) is 0 Å². The molecule has 0 nitrogen and oxygen atoms in total. The monoisotopic (exact) mass is 502 g/mol. The van der Waals surface area contributed by atoms with E-state index in [2.05, 4.69) is 74.5 Å². The fourth-order valence-electron chi connectivity index (χ4n) is 5.49. The van der Waals surface area contributed by atoms with E-state index in [1.807, 2.05) is 0 Å². The molecule has 2 aromatic rings. The van der Waals surface area contributed by atoms with Crippen LogP contribution in [0.3, 0.4) is 0 Å². The molecule has 0 fully saturated rings. The SMILES string of the molecule is CCCCCCCCCP(Cl)(CCCCCCCCC)(Cc1ccccc1)Cc1ccccc1. The molecule has 0 heterocycles. The van der Waals surface area contributed by atoms with Crippen molar-refractivity contribution < 1.29 is 0 Å². The van der Waals surface area contributed by atoms with Crippen LogP contribution in [0, 0.1) is 0 Å². The number of unbranched alkanes of at least 4 members (excludes halogenated alkanes) is 12. The van der Waals surface area contributed by atoms with Crippen LogP contribution < -0.4 is 0 Å². The van der Waals surface area contributed by atoms with Crippen LogP contribution in [0.2, 0.25) is 0 Å². The summed E-state index contributed by atoms with van der Waals surface area (Å²) in [5.74, 6) is -2.46. The van der Waals surface area contributed by atoms with Gasteiger partial charge in [-0.1, -0.05) is 0 Å². The van der Waals surface area contributed by atoms with E-state index in [1.165, 1.54) is 113 Å². The van der Waals surface area contributed by atoms with Crippen molar-refractivity contribution in [3.8, 4) is 0 Å². The molecule has 192 valence electrons. The summed E-state index contributed by atoms with van der Waals surface area (Å²) in [6.07, 6.45) is 23.7. The van der Waals surface area contributed by atoms with Crippen LogP contribution >= 0.6 is 17.2 Å². The maximum absolute atomic E-state index is 8.12. The molecule has 34 heavy (non-hydrogen) atoms. The number of benzene rings is 2. The molecule has 0 aliphatic rings. The van der Waals surface area contributed by atoms with Gasteiger partial charge in [0, 0.05) is 0 Å². The summed E-state index contributed by atoms with van der Waals surface area (Å²) < 4.78 is 0. The summed E-state index contributed by atoms with van der Waals surface area (Å²) in [5.41, 5.74) is 2.88. The van der Waals surface area contributed by atoms with Crippen LogP contribution in [0.25, 0.3) is 0 Å². The third-order valence-corrected chi connectivity index (χ3v) is 14.4. The van der Waals surface area contributed by atoms with Crippen LogP contribution in [0.1, 0.15) is 115 Å². The zero-order chi connectivity index (χ0) is 24.4. The summed E-state index contributed by atoms with van der Waals surface area (Å²) in [5, 5.41) is 0. The molecule has 0 aliphatic carbocycles. The van der Waals surface area contributed by atoms with E-state index in [0.717, 1.165) is 12.3 Å². The molecule has 0 aromatic heterocycles. The van der Waals surface area contributed by atoms with Crippen molar-refractivity contribution in [2.24, 2.45) is 0 Å². The number of hydrogen-bond donors (Lipinski definition) is 0. The Balaban J connectivity index is 2.12. The molecule has 2 heteroatoms. The molecule has 0 unspecified atom stereocenters. The first-order valence-corrected chi connectivity index (χ1v) is 18.3. The average molecular weight is 503 g/mol. The molecule has 0 spiro atoms. The van der Waals surface area contributed by atoms with Crippen molar-refractivity contribution in [1.82, 2.24) is 0 Å². The summed E-state index contributed by atoms with van der Waals surface area (Å²) in [6, 6.07) is 22.3. The second kappa shape index (κ2) is 16.8. The van der Waals surface area contributed by atoms with Gasteiger partial charge in [0.05, 0.1) is 0 Å². The van der Waals surface area contributed by atoms with Crippen molar-refractivity contribution in [2.75, 3.05) is 12.3 Å². The summed E-state index contributed by atoms with van der Waals surface area (Å²) >= 11 is 8.12. The van der Waals surface area contributed by atoms with Gasteiger partial charge in [-0.2, -0.15) is 0 Å². The van der Waals surface area contributed by atoms with Gasteiger partial charge in [-0.05, 0) is 0 Å². The Hall–Kier alpha value is -0.840. The predicted molar refractivity (Wildman–Crippen MR) is 159 cm³/mol. The minimum atomic E-state index is -2.46. The molecule has 0 N–H and O–H groups in total. The first kappa shape index (κ1) is 29.4. The van der Waals surface area contributed by atoms with Gasteiger partial charge in [-0.25, -0.2) is 0 Å². The molecule has 2 rings (SSSR count). The molecule has 0 radical (unpaired) electrons. The first-order valence-electron chi connectivity index (χ1n) is 14.4. The van der Waals surface area contributed by atoms with Crippen LogP contribution in [-0.4, -0.2) is 12.3 Å². The normalized spacial score (nSPS) is 13.0. The van der Waals surface area contributed by atoms with Crippen LogP contribution in [0.15, 0.2) is 60.7 Å². The van der Waals surface area contributed by atoms with Crippen LogP contribution in [0.4, 0.5) is 0 Å². The molecule has 2 aromatic carbocycles. The maximum atomic E-state index is 8.12. The van der Waals surface area contributed by atoms with Gasteiger partial charge >= 0.3 is 217 Å². The Bertz CT molecular complexity index is 679. The standard InChI is InChI=1S/C32H52ClP/c1-3-5-7-9-11-13-21-27-34(33,29-31-23-17-15-18-24-31,30-32-25-19-16-20-26-32)28-22-14-12-10-8-6-4-2/h15-20,23-26H,3-14,21-22,27-30H2,1-2H3. The van der Waals surface area contributed by atoms with Gasteiger partial charge in [0.1, 0.15) is 0 Å². The summed E-state index contributed by atoms with van der Waals surface area (Å²) in [4.78, 5) is 0. The molecule has 0 saturated carbocycles. The summed E-state index contributed by atoms with van der Waals surface area (Å²) in [7, 11) is 0.